The molecule has 1 N–H and O–H groups in total. The Balaban J connectivity index is 1.65. The molecular weight excluding hydrogens is 382 g/mol. The highest BCUT2D eigenvalue weighted by Gasteiger charge is 2.20. The molecule has 0 saturated heterocycles. The Labute approximate surface area is 174 Å². The van der Waals surface area contributed by atoms with Crippen molar-refractivity contribution in [3.8, 4) is 5.75 Å². The number of carbonyl (C=O) groups excluding carboxylic acids is 3. The SMILES string of the molecule is COc1ccc(C(=O)OCC(=O)N[C@H](Cc2ccccc2)C(C)=O)c2ccccc12. The quantitative estimate of drug-likeness (QED) is 0.582. The van der Waals surface area contributed by atoms with E-state index in [1.54, 1.807) is 25.3 Å². The van der Waals surface area contributed by atoms with E-state index in [0.717, 1.165) is 10.9 Å². The molecule has 1 amide bonds. The van der Waals surface area contributed by atoms with E-state index in [-0.39, 0.29) is 5.78 Å². The highest BCUT2D eigenvalue weighted by Crippen LogP contribution is 2.28. The van der Waals surface area contributed by atoms with Gasteiger partial charge in [-0.25, -0.2) is 4.79 Å². The van der Waals surface area contributed by atoms with Gasteiger partial charge >= 0.3 is 5.97 Å². The molecule has 0 heterocycles. The Morgan fingerprint density at radius 2 is 1.57 bits per heavy atom. The van der Waals surface area contributed by atoms with Crippen molar-refractivity contribution in [2.45, 2.75) is 19.4 Å². The summed E-state index contributed by atoms with van der Waals surface area (Å²) in [5.74, 6) is -0.673. The van der Waals surface area contributed by atoms with Crippen LogP contribution in [0.2, 0.25) is 0 Å². The molecule has 0 aliphatic rings. The summed E-state index contributed by atoms with van der Waals surface area (Å²) in [6.07, 6.45) is 0.374. The van der Waals surface area contributed by atoms with Crippen molar-refractivity contribution in [1.82, 2.24) is 5.32 Å². The lowest BCUT2D eigenvalue weighted by atomic mass is 10.0. The predicted octanol–water partition coefficient (Wildman–Crippen LogP) is 3.32. The second-order valence-electron chi connectivity index (χ2n) is 6.86. The number of ketones is 1. The fourth-order valence-corrected chi connectivity index (χ4v) is 3.22. The molecule has 3 aromatic rings. The van der Waals surface area contributed by atoms with Crippen LogP contribution in [0.5, 0.6) is 5.75 Å². The van der Waals surface area contributed by atoms with Gasteiger partial charge < -0.3 is 14.8 Å². The van der Waals surface area contributed by atoms with Gasteiger partial charge in [-0.1, -0.05) is 54.6 Å². The van der Waals surface area contributed by atoms with Crippen LogP contribution in [-0.2, 0) is 20.7 Å². The van der Waals surface area contributed by atoms with Crippen LogP contribution < -0.4 is 10.1 Å². The summed E-state index contributed by atoms with van der Waals surface area (Å²) in [5.41, 5.74) is 1.27. The summed E-state index contributed by atoms with van der Waals surface area (Å²) in [5, 5.41) is 4.09. The zero-order chi connectivity index (χ0) is 21.5. The number of hydrogen-bond donors (Lipinski definition) is 1. The smallest absolute Gasteiger partial charge is 0.339 e. The molecule has 3 aromatic carbocycles. The third-order valence-corrected chi connectivity index (χ3v) is 4.77. The van der Waals surface area contributed by atoms with E-state index < -0.39 is 24.5 Å². The van der Waals surface area contributed by atoms with Crippen LogP contribution in [-0.4, -0.2) is 37.4 Å². The first-order valence-electron chi connectivity index (χ1n) is 9.56. The van der Waals surface area contributed by atoms with Crippen LogP contribution in [0.1, 0.15) is 22.8 Å². The van der Waals surface area contributed by atoms with Gasteiger partial charge in [-0.2, -0.15) is 0 Å². The van der Waals surface area contributed by atoms with Gasteiger partial charge in [0.25, 0.3) is 5.91 Å². The van der Waals surface area contributed by atoms with Gasteiger partial charge in [0, 0.05) is 5.39 Å². The number of carbonyl (C=O) groups is 3. The Morgan fingerprint density at radius 3 is 2.23 bits per heavy atom. The lowest BCUT2D eigenvalue weighted by molar-refractivity contribution is -0.128. The minimum atomic E-state index is -0.680. The number of hydrogen-bond acceptors (Lipinski definition) is 5. The van der Waals surface area contributed by atoms with Crippen molar-refractivity contribution in [2.24, 2.45) is 0 Å². The molecule has 0 radical (unpaired) electrons. The van der Waals surface area contributed by atoms with Crippen molar-refractivity contribution >= 4 is 28.4 Å². The molecule has 0 aromatic heterocycles. The molecule has 30 heavy (non-hydrogen) atoms. The summed E-state index contributed by atoms with van der Waals surface area (Å²) in [7, 11) is 1.56. The van der Waals surface area contributed by atoms with Gasteiger partial charge in [0.05, 0.1) is 18.7 Å². The minimum Gasteiger partial charge on any atom is -0.496 e. The van der Waals surface area contributed by atoms with Crippen LogP contribution in [0.15, 0.2) is 66.7 Å². The fraction of sp³-hybridized carbons (Fsp3) is 0.208. The van der Waals surface area contributed by atoms with Crippen molar-refractivity contribution in [1.29, 1.82) is 0 Å². The topological polar surface area (TPSA) is 81.7 Å². The van der Waals surface area contributed by atoms with E-state index in [9.17, 15) is 14.4 Å². The van der Waals surface area contributed by atoms with Crippen LogP contribution >= 0.6 is 0 Å². The molecular formula is C24H23NO5. The van der Waals surface area contributed by atoms with Crippen LogP contribution in [0.4, 0.5) is 0 Å². The number of ether oxygens (including phenoxy) is 2. The largest absolute Gasteiger partial charge is 0.496 e. The first-order valence-corrected chi connectivity index (χ1v) is 9.56. The van der Waals surface area contributed by atoms with Gasteiger partial charge in [-0.3, -0.25) is 9.59 Å². The lowest BCUT2D eigenvalue weighted by Gasteiger charge is -2.16. The summed E-state index contributed by atoms with van der Waals surface area (Å²) in [6.45, 7) is 0.946. The van der Waals surface area contributed by atoms with E-state index in [1.807, 2.05) is 48.5 Å². The normalized spacial score (nSPS) is 11.5. The number of fused-ring (bicyclic) bond motifs is 1. The Morgan fingerprint density at radius 1 is 0.900 bits per heavy atom. The molecule has 6 heteroatoms. The van der Waals surface area contributed by atoms with E-state index in [4.69, 9.17) is 9.47 Å². The first kappa shape index (κ1) is 21.0. The number of nitrogens with one attached hydrogen (secondary N) is 1. The fourth-order valence-electron chi connectivity index (χ4n) is 3.22. The Kier molecular flexibility index (Phi) is 6.80. The molecule has 0 aliphatic carbocycles. The number of Topliss-reactive ketones (excluding diaryl/α,β-unsaturated/α-hetero) is 1. The second-order valence-corrected chi connectivity index (χ2v) is 6.86. The van der Waals surface area contributed by atoms with Crippen molar-refractivity contribution in [2.75, 3.05) is 13.7 Å². The predicted molar refractivity (Wildman–Crippen MR) is 114 cm³/mol. The van der Waals surface area contributed by atoms with Gasteiger partial charge in [0.1, 0.15) is 5.75 Å². The van der Waals surface area contributed by atoms with Gasteiger partial charge in [-0.05, 0) is 36.4 Å². The summed E-state index contributed by atoms with van der Waals surface area (Å²) < 4.78 is 10.5. The van der Waals surface area contributed by atoms with E-state index >= 15 is 0 Å². The molecule has 0 bridgehead atoms. The molecule has 3 rings (SSSR count). The van der Waals surface area contributed by atoms with Gasteiger partial charge in [-0.15, -0.1) is 0 Å². The van der Waals surface area contributed by atoms with E-state index in [0.29, 0.717) is 23.1 Å². The molecule has 1 atom stereocenters. The maximum Gasteiger partial charge on any atom is 0.339 e. The van der Waals surface area contributed by atoms with E-state index in [2.05, 4.69) is 5.32 Å². The first-order chi connectivity index (χ1) is 14.5. The van der Waals surface area contributed by atoms with Gasteiger partial charge in [0.15, 0.2) is 12.4 Å². The molecule has 6 nitrogen and oxygen atoms in total. The van der Waals surface area contributed by atoms with Crippen LogP contribution in [0, 0.1) is 0 Å². The number of benzene rings is 3. The third kappa shape index (κ3) is 5.03. The molecule has 0 fully saturated rings. The zero-order valence-electron chi connectivity index (χ0n) is 16.9. The minimum absolute atomic E-state index is 0.167. The van der Waals surface area contributed by atoms with Crippen LogP contribution in [0.3, 0.4) is 0 Å². The highest BCUT2D eigenvalue weighted by atomic mass is 16.5. The highest BCUT2D eigenvalue weighted by molar-refractivity contribution is 6.06. The average Bonchev–Trinajstić information content (AvgIpc) is 2.77. The summed E-state index contributed by atoms with van der Waals surface area (Å²) >= 11 is 0. The van der Waals surface area contributed by atoms with Crippen LogP contribution in [0.25, 0.3) is 10.8 Å². The van der Waals surface area contributed by atoms with Crippen molar-refractivity contribution in [3.63, 3.8) is 0 Å². The molecule has 0 saturated carbocycles. The zero-order valence-corrected chi connectivity index (χ0v) is 16.9. The number of rotatable bonds is 8. The van der Waals surface area contributed by atoms with Gasteiger partial charge in [0.2, 0.25) is 0 Å². The number of esters is 1. The molecule has 0 aliphatic heterocycles. The summed E-state index contributed by atoms with van der Waals surface area (Å²) in [6, 6.07) is 19.3. The summed E-state index contributed by atoms with van der Waals surface area (Å²) in [4.78, 5) is 36.8. The maximum absolute atomic E-state index is 12.6. The molecule has 0 spiro atoms. The monoisotopic (exact) mass is 405 g/mol. The average molecular weight is 405 g/mol. The third-order valence-electron chi connectivity index (χ3n) is 4.77. The number of amides is 1. The second kappa shape index (κ2) is 9.69. The Bertz CT molecular complexity index is 1060. The number of methoxy groups -OCH3 is 1. The molecule has 154 valence electrons. The standard InChI is InChI=1S/C24H23NO5/c1-16(26)21(14-17-8-4-3-5-9-17)25-23(27)15-30-24(28)20-12-13-22(29-2)19-11-7-6-10-18(19)20/h3-13,21H,14-15H2,1-2H3,(H,25,27)/t21-/m1/s1. The van der Waals surface area contributed by atoms with Crippen molar-refractivity contribution < 1.29 is 23.9 Å². The van der Waals surface area contributed by atoms with E-state index in [1.165, 1.54) is 6.92 Å². The lowest BCUT2D eigenvalue weighted by Crippen LogP contribution is -2.43. The molecule has 0 unspecified atom stereocenters. The maximum atomic E-state index is 12.6. The van der Waals surface area contributed by atoms with Crippen molar-refractivity contribution in [3.05, 3.63) is 77.9 Å². The Hall–Kier alpha value is -3.67.